The number of pyridine rings is 1. The molecule has 0 unspecified atom stereocenters. The van der Waals surface area contributed by atoms with Crippen LogP contribution in [-0.4, -0.2) is 21.5 Å². The van der Waals surface area contributed by atoms with Crippen LogP contribution in [0.25, 0.3) is 0 Å². The zero-order valence-corrected chi connectivity index (χ0v) is 14.8. The largest absolute Gasteiger partial charge is 0.370 e. The van der Waals surface area contributed by atoms with Crippen molar-refractivity contribution in [1.82, 2.24) is 15.0 Å². The van der Waals surface area contributed by atoms with Gasteiger partial charge >= 0.3 is 0 Å². The van der Waals surface area contributed by atoms with Gasteiger partial charge in [-0.3, -0.25) is 4.98 Å². The molecule has 2 aromatic heterocycles. The van der Waals surface area contributed by atoms with Gasteiger partial charge in [-0.25, -0.2) is 9.97 Å². The summed E-state index contributed by atoms with van der Waals surface area (Å²) >= 11 is 5.91. The second-order valence-electron chi connectivity index (χ2n) is 5.70. The predicted octanol–water partition coefficient (Wildman–Crippen LogP) is 4.10. The fourth-order valence-corrected chi connectivity index (χ4v) is 2.56. The summed E-state index contributed by atoms with van der Waals surface area (Å²) < 4.78 is 0. The SMILES string of the molecule is Cc1nc(NCCc2ccc(Cl)cc2)cc(NCc2cccnc2)n1. The first kappa shape index (κ1) is 17.2. The fourth-order valence-electron chi connectivity index (χ4n) is 2.43. The zero-order valence-electron chi connectivity index (χ0n) is 14.0. The third-order valence-electron chi connectivity index (χ3n) is 3.67. The lowest BCUT2D eigenvalue weighted by molar-refractivity contribution is 0.974. The van der Waals surface area contributed by atoms with E-state index < -0.39 is 0 Å². The highest BCUT2D eigenvalue weighted by Gasteiger charge is 2.02. The van der Waals surface area contributed by atoms with Gasteiger partial charge in [0.05, 0.1) is 0 Å². The molecule has 25 heavy (non-hydrogen) atoms. The minimum atomic E-state index is 0.675. The summed E-state index contributed by atoms with van der Waals surface area (Å²) in [5.41, 5.74) is 2.34. The van der Waals surface area contributed by atoms with E-state index >= 15 is 0 Å². The normalized spacial score (nSPS) is 10.5. The van der Waals surface area contributed by atoms with Gasteiger partial charge in [0, 0.05) is 36.6 Å². The van der Waals surface area contributed by atoms with Gasteiger partial charge in [0.25, 0.3) is 0 Å². The Balaban J connectivity index is 1.56. The molecule has 6 heteroatoms. The fraction of sp³-hybridized carbons (Fsp3) is 0.211. The molecule has 2 N–H and O–H groups in total. The molecule has 0 atom stereocenters. The highest BCUT2D eigenvalue weighted by Crippen LogP contribution is 2.13. The van der Waals surface area contributed by atoms with Crippen LogP contribution in [0.15, 0.2) is 54.9 Å². The lowest BCUT2D eigenvalue weighted by atomic mass is 10.1. The first-order chi connectivity index (χ1) is 12.2. The van der Waals surface area contributed by atoms with Crippen LogP contribution < -0.4 is 10.6 Å². The van der Waals surface area contributed by atoms with E-state index in [1.165, 1.54) is 5.56 Å². The van der Waals surface area contributed by atoms with E-state index in [2.05, 4.69) is 25.6 Å². The number of hydrogen-bond acceptors (Lipinski definition) is 5. The molecular formula is C19H20ClN5. The van der Waals surface area contributed by atoms with Crippen molar-refractivity contribution in [2.45, 2.75) is 19.9 Å². The van der Waals surface area contributed by atoms with Gasteiger partial charge in [-0.1, -0.05) is 29.8 Å². The van der Waals surface area contributed by atoms with E-state index in [-0.39, 0.29) is 0 Å². The van der Waals surface area contributed by atoms with Gasteiger partial charge in [0.2, 0.25) is 0 Å². The van der Waals surface area contributed by atoms with E-state index in [1.807, 2.05) is 55.6 Å². The van der Waals surface area contributed by atoms with Crippen LogP contribution in [0.5, 0.6) is 0 Å². The molecule has 0 radical (unpaired) electrons. The Hall–Kier alpha value is -2.66. The Bertz CT molecular complexity index is 806. The van der Waals surface area contributed by atoms with Gasteiger partial charge in [-0.15, -0.1) is 0 Å². The molecule has 0 spiro atoms. The Morgan fingerprint density at radius 3 is 2.44 bits per heavy atom. The summed E-state index contributed by atoms with van der Waals surface area (Å²) in [6.45, 7) is 3.36. The molecular weight excluding hydrogens is 334 g/mol. The minimum Gasteiger partial charge on any atom is -0.370 e. The van der Waals surface area contributed by atoms with Crippen molar-refractivity contribution in [2.24, 2.45) is 0 Å². The molecule has 2 heterocycles. The topological polar surface area (TPSA) is 62.7 Å². The molecule has 0 aliphatic rings. The molecule has 0 fully saturated rings. The van der Waals surface area contributed by atoms with Crippen molar-refractivity contribution in [2.75, 3.05) is 17.2 Å². The molecule has 0 saturated carbocycles. The first-order valence-corrected chi connectivity index (χ1v) is 8.53. The summed E-state index contributed by atoms with van der Waals surface area (Å²) in [5, 5.41) is 7.42. The number of aryl methyl sites for hydroxylation is 1. The average Bonchev–Trinajstić information content (AvgIpc) is 2.62. The molecule has 128 valence electrons. The van der Waals surface area contributed by atoms with E-state index in [1.54, 1.807) is 6.20 Å². The van der Waals surface area contributed by atoms with Crippen LogP contribution in [0.3, 0.4) is 0 Å². The highest BCUT2D eigenvalue weighted by atomic mass is 35.5. The molecule has 5 nitrogen and oxygen atoms in total. The Morgan fingerprint density at radius 1 is 0.960 bits per heavy atom. The molecule has 0 aliphatic heterocycles. The molecule has 1 aromatic carbocycles. The minimum absolute atomic E-state index is 0.675. The number of nitrogens with one attached hydrogen (secondary N) is 2. The number of rotatable bonds is 7. The second-order valence-corrected chi connectivity index (χ2v) is 6.14. The third-order valence-corrected chi connectivity index (χ3v) is 3.92. The van der Waals surface area contributed by atoms with Crippen molar-refractivity contribution in [3.05, 3.63) is 76.8 Å². The monoisotopic (exact) mass is 353 g/mol. The Morgan fingerprint density at radius 2 is 1.72 bits per heavy atom. The van der Waals surface area contributed by atoms with Crippen LogP contribution in [0.1, 0.15) is 17.0 Å². The number of benzene rings is 1. The van der Waals surface area contributed by atoms with Crippen molar-refractivity contribution in [3.63, 3.8) is 0 Å². The highest BCUT2D eigenvalue weighted by molar-refractivity contribution is 6.30. The summed E-state index contributed by atoms with van der Waals surface area (Å²) in [7, 11) is 0. The van der Waals surface area contributed by atoms with Crippen LogP contribution in [0.4, 0.5) is 11.6 Å². The molecule has 0 aliphatic carbocycles. The maximum Gasteiger partial charge on any atom is 0.132 e. The van der Waals surface area contributed by atoms with Gasteiger partial charge in [0.1, 0.15) is 17.5 Å². The van der Waals surface area contributed by atoms with E-state index in [4.69, 9.17) is 11.6 Å². The van der Waals surface area contributed by atoms with Gasteiger partial charge in [-0.2, -0.15) is 0 Å². The summed E-state index contributed by atoms with van der Waals surface area (Å²) in [4.78, 5) is 13.0. The van der Waals surface area contributed by atoms with Crippen molar-refractivity contribution in [3.8, 4) is 0 Å². The smallest absolute Gasteiger partial charge is 0.132 e. The number of aromatic nitrogens is 3. The molecule has 0 bridgehead atoms. The summed E-state index contributed by atoms with van der Waals surface area (Å²) in [6.07, 6.45) is 4.51. The predicted molar refractivity (Wildman–Crippen MR) is 102 cm³/mol. The maximum absolute atomic E-state index is 5.91. The van der Waals surface area contributed by atoms with Crippen LogP contribution in [0, 0.1) is 6.92 Å². The number of hydrogen-bond donors (Lipinski definition) is 2. The Kier molecular flexibility index (Phi) is 5.80. The first-order valence-electron chi connectivity index (χ1n) is 8.16. The lowest BCUT2D eigenvalue weighted by Gasteiger charge is -2.10. The van der Waals surface area contributed by atoms with E-state index in [0.717, 1.165) is 41.0 Å². The summed E-state index contributed by atoms with van der Waals surface area (Å²) in [5.74, 6) is 2.34. The van der Waals surface area contributed by atoms with E-state index in [9.17, 15) is 0 Å². The summed E-state index contributed by atoms with van der Waals surface area (Å²) in [6, 6.07) is 13.8. The lowest BCUT2D eigenvalue weighted by Crippen LogP contribution is -2.09. The van der Waals surface area contributed by atoms with Gasteiger partial charge in [0.15, 0.2) is 0 Å². The molecule has 0 saturated heterocycles. The van der Waals surface area contributed by atoms with Crippen molar-refractivity contribution >= 4 is 23.2 Å². The quantitative estimate of drug-likeness (QED) is 0.669. The van der Waals surface area contributed by atoms with Gasteiger partial charge in [-0.05, 0) is 42.7 Å². The van der Waals surface area contributed by atoms with Gasteiger partial charge < -0.3 is 10.6 Å². The van der Waals surface area contributed by atoms with Crippen LogP contribution >= 0.6 is 11.6 Å². The number of nitrogens with zero attached hydrogens (tertiary/aromatic N) is 3. The molecule has 3 aromatic rings. The van der Waals surface area contributed by atoms with Crippen LogP contribution in [0.2, 0.25) is 5.02 Å². The molecule has 3 rings (SSSR count). The van der Waals surface area contributed by atoms with Crippen molar-refractivity contribution in [1.29, 1.82) is 0 Å². The van der Waals surface area contributed by atoms with Crippen LogP contribution in [-0.2, 0) is 13.0 Å². The number of anilines is 2. The average molecular weight is 354 g/mol. The standard InChI is InChI=1S/C19H20ClN5/c1-14-24-18(22-10-8-15-4-6-17(20)7-5-15)11-19(25-14)23-13-16-3-2-9-21-12-16/h2-7,9,11-12H,8,10,13H2,1H3,(H2,22,23,24,25). The third kappa shape index (κ3) is 5.43. The maximum atomic E-state index is 5.91. The van der Waals surface area contributed by atoms with Crippen molar-refractivity contribution < 1.29 is 0 Å². The molecule has 0 amide bonds. The second kappa shape index (κ2) is 8.44. The zero-order chi connectivity index (χ0) is 17.5. The van der Waals surface area contributed by atoms with E-state index in [0.29, 0.717) is 6.54 Å². The number of halogens is 1. The Labute approximate surface area is 152 Å².